The fourth-order valence-electron chi connectivity index (χ4n) is 0.969. The molecule has 8 nitrogen and oxygen atoms in total. The van der Waals surface area contributed by atoms with Crippen LogP contribution in [0.2, 0.25) is 0 Å². The van der Waals surface area contributed by atoms with E-state index in [1.54, 1.807) is 0 Å². The molecular formula is C5H5N4O4. The highest BCUT2D eigenvalue weighted by molar-refractivity contribution is 6.06. The third kappa shape index (κ3) is 1.26. The summed E-state index contributed by atoms with van der Waals surface area (Å²) in [5, 5.41) is 1.99. The predicted molar refractivity (Wildman–Crippen MR) is 36.2 cm³/mol. The van der Waals surface area contributed by atoms with Crippen molar-refractivity contribution in [2.24, 2.45) is 0 Å². The Hall–Kier alpha value is -1.83. The van der Waals surface area contributed by atoms with Crippen molar-refractivity contribution in [2.45, 2.75) is 6.35 Å². The molecule has 2 aliphatic rings. The topological polar surface area (TPSA) is 99.8 Å². The van der Waals surface area contributed by atoms with E-state index < -0.39 is 24.4 Å². The number of amides is 4. The molecule has 4 amide bonds. The Morgan fingerprint density at radius 2 is 2.15 bits per heavy atom. The first-order valence-electron chi connectivity index (χ1n) is 3.37. The van der Waals surface area contributed by atoms with Crippen LogP contribution in [0.4, 0.5) is 9.59 Å². The zero-order valence-corrected chi connectivity index (χ0v) is 6.23. The highest BCUT2D eigenvalue weighted by atomic mass is 16.6. The number of carbonyl (C=O) groups excluding carboxylic acids is 3. The molecule has 1 unspecified atom stereocenters. The fraction of sp³-hybridized carbons (Fsp3) is 0.200. The lowest BCUT2D eigenvalue weighted by molar-refractivity contribution is -0.116. The minimum absolute atomic E-state index is 0.547. The van der Waals surface area contributed by atoms with E-state index in [9.17, 15) is 14.4 Å². The molecule has 0 bridgehead atoms. The Morgan fingerprint density at radius 1 is 1.38 bits per heavy atom. The van der Waals surface area contributed by atoms with Gasteiger partial charge in [0.2, 0.25) is 0 Å². The van der Waals surface area contributed by atoms with Gasteiger partial charge in [-0.15, -0.1) is 0 Å². The van der Waals surface area contributed by atoms with Gasteiger partial charge in [0.25, 0.3) is 12.3 Å². The van der Waals surface area contributed by atoms with Crippen molar-refractivity contribution in [1.29, 1.82) is 0 Å². The SMILES string of the molecule is O=C1[CH]N(C2NNC(=O)O2)C(=O)N1. The van der Waals surface area contributed by atoms with Crippen LogP contribution < -0.4 is 16.2 Å². The summed E-state index contributed by atoms with van der Waals surface area (Å²) in [7, 11) is 0. The standard InChI is InChI=1S/C5H5N4O4/c10-2-1-9(3(11)6-2)4-7-8-5(12)13-4/h1,4,7H,(H,8,12)(H,6,10,11). The van der Waals surface area contributed by atoms with E-state index >= 15 is 0 Å². The molecule has 0 spiro atoms. The minimum atomic E-state index is -0.973. The summed E-state index contributed by atoms with van der Waals surface area (Å²) in [6.45, 7) is 1.00. The van der Waals surface area contributed by atoms with Gasteiger partial charge in [0.05, 0.1) is 0 Å². The van der Waals surface area contributed by atoms with Crippen LogP contribution in [-0.4, -0.2) is 29.3 Å². The van der Waals surface area contributed by atoms with Crippen LogP contribution >= 0.6 is 0 Å². The molecule has 1 atom stereocenters. The van der Waals surface area contributed by atoms with Crippen LogP contribution in [-0.2, 0) is 9.53 Å². The number of ether oxygens (including phenoxy) is 1. The molecule has 1 radical (unpaired) electrons. The summed E-state index contributed by atoms with van der Waals surface area (Å²) >= 11 is 0. The van der Waals surface area contributed by atoms with Crippen molar-refractivity contribution in [2.75, 3.05) is 0 Å². The molecule has 69 valence electrons. The molecule has 13 heavy (non-hydrogen) atoms. The monoisotopic (exact) mass is 185 g/mol. The second-order valence-corrected chi connectivity index (χ2v) is 2.36. The van der Waals surface area contributed by atoms with E-state index in [4.69, 9.17) is 0 Å². The number of nitrogens with one attached hydrogen (secondary N) is 3. The number of hydrogen-bond donors (Lipinski definition) is 3. The van der Waals surface area contributed by atoms with Crippen molar-refractivity contribution in [3.63, 3.8) is 0 Å². The summed E-state index contributed by atoms with van der Waals surface area (Å²) in [4.78, 5) is 33.1. The van der Waals surface area contributed by atoms with E-state index in [1.165, 1.54) is 0 Å². The Bertz CT molecular complexity index is 290. The van der Waals surface area contributed by atoms with Crippen LogP contribution in [0.15, 0.2) is 0 Å². The van der Waals surface area contributed by atoms with Gasteiger partial charge in [0.15, 0.2) is 0 Å². The number of nitrogens with zero attached hydrogens (tertiary/aromatic N) is 1. The number of cyclic esters (lactones) is 1. The summed E-state index contributed by atoms with van der Waals surface area (Å²) in [5.74, 6) is -0.547. The van der Waals surface area contributed by atoms with E-state index in [0.29, 0.717) is 0 Å². The average Bonchev–Trinajstić information content (AvgIpc) is 2.58. The largest absolute Gasteiger partial charge is 0.424 e. The molecule has 2 saturated heterocycles. The second-order valence-electron chi connectivity index (χ2n) is 2.36. The smallest absolute Gasteiger partial charge is 0.409 e. The van der Waals surface area contributed by atoms with Crippen molar-refractivity contribution in [3.05, 3.63) is 6.54 Å². The quantitative estimate of drug-likeness (QED) is 0.420. The highest BCUT2D eigenvalue weighted by Gasteiger charge is 2.38. The van der Waals surface area contributed by atoms with Crippen LogP contribution in [0.1, 0.15) is 0 Å². The Balaban J connectivity index is 2.05. The Kier molecular flexibility index (Phi) is 1.55. The van der Waals surface area contributed by atoms with Gasteiger partial charge in [-0.05, 0) is 0 Å². The number of hydrogen-bond acceptors (Lipinski definition) is 5. The van der Waals surface area contributed by atoms with Crippen LogP contribution in [0, 0.1) is 6.54 Å². The summed E-state index contributed by atoms with van der Waals surface area (Å²) in [6.07, 6.45) is -1.68. The molecule has 0 aliphatic carbocycles. The van der Waals surface area contributed by atoms with Gasteiger partial charge in [-0.25, -0.2) is 9.59 Å². The molecule has 2 aliphatic heterocycles. The lowest BCUT2D eigenvalue weighted by Gasteiger charge is -2.17. The zero-order valence-electron chi connectivity index (χ0n) is 6.23. The van der Waals surface area contributed by atoms with E-state index in [-0.39, 0.29) is 0 Å². The number of imide groups is 1. The summed E-state index contributed by atoms with van der Waals surface area (Å²) in [5.41, 5.74) is 4.48. The van der Waals surface area contributed by atoms with Gasteiger partial charge in [-0.2, -0.15) is 5.43 Å². The maximum Gasteiger partial charge on any atom is 0.424 e. The van der Waals surface area contributed by atoms with Gasteiger partial charge < -0.3 is 4.74 Å². The summed E-state index contributed by atoms with van der Waals surface area (Å²) in [6, 6.07) is -0.640. The molecule has 0 aromatic heterocycles. The minimum Gasteiger partial charge on any atom is -0.409 e. The van der Waals surface area contributed by atoms with Crippen molar-refractivity contribution >= 4 is 18.0 Å². The van der Waals surface area contributed by atoms with E-state index in [0.717, 1.165) is 11.4 Å². The van der Waals surface area contributed by atoms with Gasteiger partial charge in [0.1, 0.15) is 6.54 Å². The first-order valence-corrected chi connectivity index (χ1v) is 3.37. The lowest BCUT2D eigenvalue weighted by atomic mass is 10.6. The molecule has 0 aromatic carbocycles. The molecule has 2 heterocycles. The van der Waals surface area contributed by atoms with Crippen LogP contribution in [0.5, 0.6) is 0 Å². The molecular weight excluding hydrogens is 180 g/mol. The highest BCUT2D eigenvalue weighted by Crippen LogP contribution is 2.10. The third-order valence-electron chi connectivity index (χ3n) is 1.49. The first-order chi connectivity index (χ1) is 6.16. The third-order valence-corrected chi connectivity index (χ3v) is 1.49. The second kappa shape index (κ2) is 2.59. The van der Waals surface area contributed by atoms with Gasteiger partial charge >= 0.3 is 12.1 Å². The van der Waals surface area contributed by atoms with Gasteiger partial charge in [-0.1, -0.05) is 0 Å². The van der Waals surface area contributed by atoms with Crippen LogP contribution in [0.25, 0.3) is 0 Å². The number of carbonyl (C=O) groups is 3. The molecule has 3 N–H and O–H groups in total. The zero-order chi connectivity index (χ0) is 9.42. The average molecular weight is 185 g/mol. The van der Waals surface area contributed by atoms with Gasteiger partial charge in [0, 0.05) is 0 Å². The maximum atomic E-state index is 11.0. The van der Waals surface area contributed by atoms with Crippen molar-refractivity contribution < 1.29 is 19.1 Å². The normalized spacial score (nSPS) is 27.2. The molecule has 2 fully saturated rings. The lowest BCUT2D eigenvalue weighted by Crippen LogP contribution is -2.45. The predicted octanol–water partition coefficient (Wildman–Crippen LogP) is -1.77. The number of hydrazine groups is 1. The van der Waals surface area contributed by atoms with Crippen LogP contribution in [0.3, 0.4) is 0 Å². The molecule has 8 heteroatoms. The number of rotatable bonds is 1. The molecule has 0 saturated carbocycles. The van der Waals surface area contributed by atoms with Crippen molar-refractivity contribution in [1.82, 2.24) is 21.1 Å². The fourth-order valence-corrected chi connectivity index (χ4v) is 0.969. The van der Waals surface area contributed by atoms with Crippen molar-refractivity contribution in [3.8, 4) is 0 Å². The van der Waals surface area contributed by atoms with Gasteiger partial charge in [-0.3, -0.25) is 20.4 Å². The first kappa shape index (κ1) is 7.80. The number of urea groups is 1. The van der Waals surface area contributed by atoms with E-state index in [2.05, 4.69) is 15.6 Å². The molecule has 2 rings (SSSR count). The van der Waals surface area contributed by atoms with E-state index in [1.807, 2.05) is 5.32 Å². The maximum absolute atomic E-state index is 11.0. The molecule has 0 aromatic rings. The summed E-state index contributed by atoms with van der Waals surface area (Å²) < 4.78 is 4.58. The Morgan fingerprint density at radius 3 is 2.62 bits per heavy atom. The Labute approximate surface area is 72.2 Å².